The first-order chi connectivity index (χ1) is 16.3. The molecule has 3 aromatic rings. The van der Waals surface area contributed by atoms with Crippen LogP contribution in [0.3, 0.4) is 0 Å². The third kappa shape index (κ3) is 7.44. The first-order valence-corrected chi connectivity index (χ1v) is 12.5. The molecule has 0 spiro atoms. The molecule has 3 rings (SSSR count). The summed E-state index contributed by atoms with van der Waals surface area (Å²) in [6, 6.07) is 11.7. The molecule has 0 fully saturated rings. The van der Waals surface area contributed by atoms with Gasteiger partial charge in [0.25, 0.3) is 10.0 Å². The van der Waals surface area contributed by atoms with Crippen molar-refractivity contribution in [1.82, 2.24) is 9.71 Å². The molecule has 7 nitrogen and oxygen atoms in total. The van der Waals surface area contributed by atoms with Gasteiger partial charge in [0.15, 0.2) is 0 Å². The standard InChI is InChI=1S/C26H29FN2O5S.K/c1-16(2)21-13-19(27)14-22(17-9-10-28-25(11-17)34-5)23(21)15-24(30)29-35(32,33)20-8-6-7-18(12-20)26(3,4)31;/h6-14,16,31H,15H2,1-5H3,(H,29,30);. The van der Waals surface area contributed by atoms with Crippen LogP contribution in [0.5, 0.6) is 5.88 Å². The number of rotatable bonds is 8. The molecule has 0 unspecified atom stereocenters. The molecule has 187 valence electrons. The number of benzene rings is 2. The van der Waals surface area contributed by atoms with E-state index in [9.17, 15) is 22.7 Å². The Hall–Kier alpha value is -1.66. The van der Waals surface area contributed by atoms with E-state index in [1.165, 1.54) is 57.5 Å². The van der Waals surface area contributed by atoms with Crippen LogP contribution in [0, 0.1) is 5.82 Å². The number of pyridine rings is 1. The molecule has 1 aromatic heterocycles. The minimum absolute atomic E-state index is 0. The summed E-state index contributed by atoms with van der Waals surface area (Å²) in [5.74, 6) is -1.05. The first-order valence-electron chi connectivity index (χ1n) is 11.0. The Balaban J connectivity index is 0.00000456. The second-order valence-electron chi connectivity index (χ2n) is 9.06. The average molecular weight is 540 g/mol. The van der Waals surface area contributed by atoms with Crippen molar-refractivity contribution in [1.29, 1.82) is 0 Å². The van der Waals surface area contributed by atoms with Crippen molar-refractivity contribution in [2.45, 2.75) is 50.5 Å². The molecule has 0 aliphatic heterocycles. The van der Waals surface area contributed by atoms with Crippen molar-refractivity contribution in [2.75, 3.05) is 7.11 Å². The van der Waals surface area contributed by atoms with Crippen LogP contribution in [0.25, 0.3) is 11.1 Å². The van der Waals surface area contributed by atoms with E-state index >= 15 is 0 Å². The summed E-state index contributed by atoms with van der Waals surface area (Å²) in [5.41, 5.74) is 1.27. The Morgan fingerprint density at radius 3 is 2.47 bits per heavy atom. The van der Waals surface area contributed by atoms with Gasteiger partial charge < -0.3 is 9.84 Å². The molecule has 0 aliphatic rings. The maximum absolute atomic E-state index is 14.5. The third-order valence-electron chi connectivity index (χ3n) is 5.56. The number of carbonyl (C=O) groups is 1. The van der Waals surface area contributed by atoms with Crippen LogP contribution in [0.1, 0.15) is 50.3 Å². The molecule has 1 radical (unpaired) electrons. The smallest absolute Gasteiger partial charge is 0.264 e. The predicted molar refractivity (Wildman–Crippen MR) is 137 cm³/mol. The average Bonchev–Trinajstić information content (AvgIpc) is 2.79. The molecule has 0 atom stereocenters. The number of hydrogen-bond acceptors (Lipinski definition) is 6. The fraction of sp³-hybridized carbons (Fsp3) is 0.308. The molecule has 1 amide bonds. The zero-order valence-electron chi connectivity index (χ0n) is 21.3. The van der Waals surface area contributed by atoms with Crippen LogP contribution in [0.4, 0.5) is 4.39 Å². The summed E-state index contributed by atoms with van der Waals surface area (Å²) in [6.07, 6.45) is 1.22. The van der Waals surface area contributed by atoms with Gasteiger partial charge in [0.05, 0.1) is 24.0 Å². The van der Waals surface area contributed by atoms with E-state index < -0.39 is 27.3 Å². The molecule has 1 heterocycles. The quantitative estimate of drug-likeness (QED) is 0.421. The number of nitrogens with one attached hydrogen (secondary N) is 1. The first kappa shape index (κ1) is 30.6. The summed E-state index contributed by atoms with van der Waals surface area (Å²) < 4.78 is 47.7. The van der Waals surface area contributed by atoms with Gasteiger partial charge in [0.2, 0.25) is 11.8 Å². The molecule has 0 aliphatic carbocycles. The van der Waals surface area contributed by atoms with Crippen molar-refractivity contribution in [3.8, 4) is 17.0 Å². The number of amides is 1. The minimum atomic E-state index is -4.21. The number of ether oxygens (including phenoxy) is 1. The summed E-state index contributed by atoms with van der Waals surface area (Å²) in [7, 11) is -2.74. The van der Waals surface area contributed by atoms with Crippen LogP contribution < -0.4 is 9.46 Å². The van der Waals surface area contributed by atoms with Crippen molar-refractivity contribution in [2.24, 2.45) is 0 Å². The van der Waals surface area contributed by atoms with Gasteiger partial charge in [-0.05, 0) is 77.9 Å². The Kier molecular flexibility index (Phi) is 10.4. The van der Waals surface area contributed by atoms with Crippen LogP contribution in [-0.4, -0.2) is 82.9 Å². The van der Waals surface area contributed by atoms with Gasteiger partial charge in [-0.25, -0.2) is 22.5 Å². The predicted octanol–water partition coefficient (Wildman–Crippen LogP) is 3.91. The van der Waals surface area contributed by atoms with Gasteiger partial charge in [0.1, 0.15) is 5.82 Å². The number of nitrogens with zero attached hydrogens (tertiary/aromatic N) is 1. The van der Waals surface area contributed by atoms with E-state index in [1.54, 1.807) is 18.2 Å². The van der Waals surface area contributed by atoms with Crippen molar-refractivity contribution >= 4 is 67.3 Å². The second kappa shape index (κ2) is 12.3. The summed E-state index contributed by atoms with van der Waals surface area (Å²) in [6.45, 7) is 6.81. The molecule has 2 N–H and O–H groups in total. The molecular formula is C26H29FKN2O5S. The minimum Gasteiger partial charge on any atom is -0.481 e. The molecule has 0 saturated carbocycles. The maximum Gasteiger partial charge on any atom is 0.264 e. The van der Waals surface area contributed by atoms with E-state index in [0.29, 0.717) is 33.7 Å². The van der Waals surface area contributed by atoms with Gasteiger partial charge >= 0.3 is 0 Å². The number of aromatic nitrogens is 1. The van der Waals surface area contributed by atoms with Gasteiger partial charge in [-0.1, -0.05) is 26.0 Å². The SMILES string of the molecule is COc1cc(-c2cc(F)cc(C(C)C)c2CC(=O)NS(=O)(=O)c2cccc(C(C)(C)O)c2)ccn1.[K]. The summed E-state index contributed by atoms with van der Waals surface area (Å²) >= 11 is 0. The zero-order chi connectivity index (χ0) is 26.0. The monoisotopic (exact) mass is 539 g/mol. The van der Waals surface area contributed by atoms with Crippen LogP contribution in [-0.2, 0) is 26.8 Å². The number of carbonyl (C=O) groups excluding carboxylic acids is 1. The fourth-order valence-corrected chi connectivity index (χ4v) is 4.80. The zero-order valence-corrected chi connectivity index (χ0v) is 25.2. The molecule has 0 bridgehead atoms. The van der Waals surface area contributed by atoms with Crippen LogP contribution >= 0.6 is 0 Å². The molecular weight excluding hydrogens is 510 g/mol. The topological polar surface area (TPSA) is 106 Å². The van der Waals surface area contributed by atoms with E-state index in [-0.39, 0.29) is 68.6 Å². The number of halogens is 1. The Labute approximate surface area is 254 Å². The second-order valence-corrected chi connectivity index (χ2v) is 10.7. The van der Waals surface area contributed by atoms with E-state index in [2.05, 4.69) is 9.71 Å². The fourth-order valence-electron chi connectivity index (χ4n) is 3.77. The normalized spacial score (nSPS) is 11.7. The number of sulfonamides is 1. The van der Waals surface area contributed by atoms with Crippen LogP contribution in [0.2, 0.25) is 0 Å². The van der Waals surface area contributed by atoms with Gasteiger partial charge in [-0.2, -0.15) is 0 Å². The van der Waals surface area contributed by atoms with E-state index in [4.69, 9.17) is 4.74 Å². The van der Waals surface area contributed by atoms with Crippen molar-refractivity contribution in [3.63, 3.8) is 0 Å². The molecule has 10 heteroatoms. The number of hydrogen-bond donors (Lipinski definition) is 2. The Bertz CT molecular complexity index is 1350. The Morgan fingerprint density at radius 1 is 1.17 bits per heavy atom. The Morgan fingerprint density at radius 2 is 1.86 bits per heavy atom. The maximum atomic E-state index is 14.5. The van der Waals surface area contributed by atoms with Crippen LogP contribution in [0.15, 0.2) is 59.6 Å². The van der Waals surface area contributed by atoms with E-state index in [1.807, 2.05) is 13.8 Å². The number of aliphatic hydroxyl groups is 1. The molecule has 36 heavy (non-hydrogen) atoms. The largest absolute Gasteiger partial charge is 0.481 e. The van der Waals surface area contributed by atoms with Gasteiger partial charge in [-0.3, -0.25) is 4.79 Å². The van der Waals surface area contributed by atoms with E-state index in [0.717, 1.165) is 0 Å². The van der Waals surface area contributed by atoms with Gasteiger partial charge in [-0.15, -0.1) is 0 Å². The molecule has 0 saturated heterocycles. The van der Waals surface area contributed by atoms with Crippen molar-refractivity contribution < 1.29 is 27.4 Å². The van der Waals surface area contributed by atoms with Crippen molar-refractivity contribution in [3.05, 3.63) is 77.2 Å². The van der Waals surface area contributed by atoms with Gasteiger partial charge in [0, 0.05) is 63.6 Å². The summed E-state index contributed by atoms with van der Waals surface area (Å²) in [5, 5.41) is 10.2. The number of methoxy groups -OCH3 is 1. The summed E-state index contributed by atoms with van der Waals surface area (Å²) in [4.78, 5) is 16.9. The third-order valence-corrected chi connectivity index (χ3v) is 6.93. The molecule has 2 aromatic carbocycles.